The van der Waals surface area contributed by atoms with Crippen molar-refractivity contribution in [3.8, 4) is 0 Å². The van der Waals surface area contributed by atoms with Crippen molar-refractivity contribution < 1.29 is 0 Å². The van der Waals surface area contributed by atoms with E-state index in [4.69, 9.17) is 0 Å². The molecule has 35 heavy (non-hydrogen) atoms. The van der Waals surface area contributed by atoms with Gasteiger partial charge in [0, 0.05) is 17.6 Å². The van der Waals surface area contributed by atoms with E-state index < -0.39 is 0 Å². The molecular formula is C33H42N2. The molecule has 0 fully saturated rings. The van der Waals surface area contributed by atoms with Crippen molar-refractivity contribution in [2.24, 2.45) is 10.9 Å². The maximum absolute atomic E-state index is 4.60. The predicted octanol–water partition coefficient (Wildman–Crippen LogP) is 9.55. The fourth-order valence-electron chi connectivity index (χ4n) is 5.06. The number of allylic oxidation sites excluding steroid dienone is 9. The highest BCUT2D eigenvalue weighted by molar-refractivity contribution is 5.93. The molecule has 3 rings (SSSR count). The molecule has 0 N–H and O–H groups in total. The van der Waals surface area contributed by atoms with Crippen LogP contribution in [-0.4, -0.2) is 10.7 Å². The van der Waals surface area contributed by atoms with Gasteiger partial charge in [-0.1, -0.05) is 81.5 Å². The lowest BCUT2D eigenvalue weighted by Gasteiger charge is -2.33. The lowest BCUT2D eigenvalue weighted by molar-refractivity contribution is 0.519. The number of amidine groups is 1. The average Bonchev–Trinajstić information content (AvgIpc) is 3.13. The van der Waals surface area contributed by atoms with Crippen LogP contribution in [-0.2, 0) is 0 Å². The first kappa shape index (κ1) is 26.5. The van der Waals surface area contributed by atoms with E-state index in [1.807, 2.05) is 6.20 Å². The molecule has 1 unspecified atom stereocenters. The third kappa shape index (κ3) is 6.51. The Bertz CT molecular complexity index is 1130. The molecule has 0 amide bonds. The Kier molecular flexibility index (Phi) is 9.48. The minimum atomic E-state index is 0.572. The summed E-state index contributed by atoms with van der Waals surface area (Å²) in [4.78, 5) is 6.83. The Hall–Kier alpha value is -3.13. The number of benzene rings is 1. The molecule has 1 atom stereocenters. The standard InChI is InChI=1S/C33H42N2/c1-8-14-30(9-2)26(5)33-21-22-34-28(7)35(33)27(6)31-19-20-32(25(4)23-31)24(3)17-18-29-15-12-10-11-13-16-29/h10-12,15-16,19-23,30H,3,6,8-9,13-14,17-18H2,1-2,4-5,7H3/b33-26+. The van der Waals surface area contributed by atoms with Crippen molar-refractivity contribution in [3.05, 3.63) is 108 Å². The Morgan fingerprint density at radius 3 is 2.63 bits per heavy atom. The van der Waals surface area contributed by atoms with Gasteiger partial charge in [-0.2, -0.15) is 0 Å². The molecule has 1 aromatic rings. The number of rotatable bonds is 10. The Labute approximate surface area is 213 Å². The molecular weight excluding hydrogens is 424 g/mol. The third-order valence-electron chi connectivity index (χ3n) is 7.20. The van der Waals surface area contributed by atoms with Gasteiger partial charge in [0.1, 0.15) is 5.84 Å². The fraction of sp³-hybridized carbons (Fsp3) is 0.364. The van der Waals surface area contributed by atoms with Gasteiger partial charge in [0.15, 0.2) is 0 Å². The summed E-state index contributed by atoms with van der Waals surface area (Å²) in [6.45, 7) is 20.0. The lowest BCUT2D eigenvalue weighted by Crippen LogP contribution is -2.29. The maximum Gasteiger partial charge on any atom is 0.110 e. The molecule has 2 heteroatoms. The van der Waals surface area contributed by atoms with Crippen LogP contribution in [0.5, 0.6) is 0 Å². The van der Waals surface area contributed by atoms with Crippen LogP contribution in [0.4, 0.5) is 0 Å². The molecule has 1 heterocycles. The van der Waals surface area contributed by atoms with E-state index in [1.54, 1.807) is 0 Å². The number of nitrogens with zero attached hydrogens (tertiary/aromatic N) is 2. The van der Waals surface area contributed by atoms with Gasteiger partial charge in [-0.25, -0.2) is 4.99 Å². The zero-order chi connectivity index (χ0) is 25.4. The SMILES string of the molecule is C=C(CCC1=CCC=CC=C1)c1ccc(C(=C)N2C(C)=NC=C/C2=C(/C)C(CC)CCC)cc1C. The quantitative estimate of drug-likeness (QED) is 0.335. The normalized spacial score (nSPS) is 17.6. The van der Waals surface area contributed by atoms with Crippen LogP contribution in [0.3, 0.4) is 0 Å². The Morgan fingerprint density at radius 2 is 1.91 bits per heavy atom. The summed E-state index contributed by atoms with van der Waals surface area (Å²) >= 11 is 0. The topological polar surface area (TPSA) is 15.6 Å². The molecule has 0 radical (unpaired) electrons. The molecule has 0 spiro atoms. The second-order valence-corrected chi connectivity index (χ2v) is 9.67. The zero-order valence-corrected chi connectivity index (χ0v) is 22.4. The van der Waals surface area contributed by atoms with Gasteiger partial charge in [0.25, 0.3) is 0 Å². The van der Waals surface area contributed by atoms with Gasteiger partial charge in [0.2, 0.25) is 0 Å². The summed E-state index contributed by atoms with van der Waals surface area (Å²) in [5.74, 6) is 1.53. The number of hydrogen-bond acceptors (Lipinski definition) is 2. The summed E-state index contributed by atoms with van der Waals surface area (Å²) in [6.07, 6.45) is 21.5. The minimum Gasteiger partial charge on any atom is -0.299 e. The Balaban J connectivity index is 1.81. The smallest absolute Gasteiger partial charge is 0.110 e. The van der Waals surface area contributed by atoms with E-state index in [0.717, 1.165) is 42.8 Å². The first-order valence-corrected chi connectivity index (χ1v) is 13.1. The highest BCUT2D eigenvalue weighted by Gasteiger charge is 2.23. The predicted molar refractivity (Wildman–Crippen MR) is 155 cm³/mol. The highest BCUT2D eigenvalue weighted by Crippen LogP contribution is 2.34. The molecule has 0 saturated carbocycles. The van der Waals surface area contributed by atoms with Gasteiger partial charge in [-0.3, -0.25) is 4.90 Å². The first-order chi connectivity index (χ1) is 16.9. The second-order valence-electron chi connectivity index (χ2n) is 9.67. The number of aliphatic imine (C=N–C) groups is 1. The van der Waals surface area contributed by atoms with Gasteiger partial charge in [0.05, 0.1) is 0 Å². The van der Waals surface area contributed by atoms with Crippen LogP contribution in [0.2, 0.25) is 0 Å². The van der Waals surface area contributed by atoms with Crippen molar-refractivity contribution in [3.63, 3.8) is 0 Å². The first-order valence-electron chi connectivity index (χ1n) is 13.1. The summed E-state index contributed by atoms with van der Waals surface area (Å²) in [5, 5.41) is 0. The van der Waals surface area contributed by atoms with Crippen LogP contribution >= 0.6 is 0 Å². The Morgan fingerprint density at radius 1 is 1.11 bits per heavy atom. The van der Waals surface area contributed by atoms with Gasteiger partial charge >= 0.3 is 0 Å². The van der Waals surface area contributed by atoms with Crippen LogP contribution in [0.15, 0.2) is 95.8 Å². The van der Waals surface area contributed by atoms with Crippen LogP contribution in [0.25, 0.3) is 11.3 Å². The molecule has 1 aliphatic heterocycles. The van der Waals surface area contributed by atoms with Crippen LogP contribution in [0, 0.1) is 12.8 Å². The van der Waals surface area contributed by atoms with Gasteiger partial charge < -0.3 is 0 Å². The van der Waals surface area contributed by atoms with E-state index in [-0.39, 0.29) is 0 Å². The third-order valence-corrected chi connectivity index (χ3v) is 7.20. The van der Waals surface area contributed by atoms with E-state index in [9.17, 15) is 0 Å². The summed E-state index contributed by atoms with van der Waals surface area (Å²) in [6, 6.07) is 6.65. The van der Waals surface area contributed by atoms with E-state index in [2.05, 4.69) is 112 Å². The largest absolute Gasteiger partial charge is 0.299 e. The number of aryl methyl sites for hydroxylation is 1. The van der Waals surface area contributed by atoms with Crippen LogP contribution in [0.1, 0.15) is 82.9 Å². The fourth-order valence-corrected chi connectivity index (χ4v) is 5.06. The molecule has 0 aromatic heterocycles. The van der Waals surface area contributed by atoms with Gasteiger partial charge in [-0.15, -0.1) is 0 Å². The summed E-state index contributed by atoms with van der Waals surface area (Å²) in [7, 11) is 0. The van der Waals surface area contributed by atoms with E-state index in [0.29, 0.717) is 5.92 Å². The monoisotopic (exact) mass is 466 g/mol. The molecule has 184 valence electrons. The summed E-state index contributed by atoms with van der Waals surface area (Å²) < 4.78 is 0. The molecule has 2 aliphatic rings. The molecule has 1 aromatic carbocycles. The van der Waals surface area contributed by atoms with Crippen LogP contribution < -0.4 is 0 Å². The number of hydrogen-bond donors (Lipinski definition) is 0. The van der Waals surface area contributed by atoms with Crippen molar-refractivity contribution >= 4 is 17.1 Å². The zero-order valence-electron chi connectivity index (χ0n) is 22.4. The average molecular weight is 467 g/mol. The summed E-state index contributed by atoms with van der Waals surface area (Å²) in [5.41, 5.74) is 9.77. The van der Waals surface area contributed by atoms with Gasteiger partial charge in [-0.05, 0) is 98.8 Å². The highest BCUT2D eigenvalue weighted by atomic mass is 15.2. The van der Waals surface area contributed by atoms with Crippen molar-refractivity contribution in [1.29, 1.82) is 0 Å². The van der Waals surface area contributed by atoms with E-state index in [1.165, 1.54) is 46.4 Å². The van der Waals surface area contributed by atoms with Crippen molar-refractivity contribution in [2.45, 2.75) is 73.1 Å². The van der Waals surface area contributed by atoms with Crippen molar-refractivity contribution in [1.82, 2.24) is 4.90 Å². The second kappa shape index (κ2) is 12.5. The lowest BCUT2D eigenvalue weighted by atomic mass is 9.90. The van der Waals surface area contributed by atoms with Crippen molar-refractivity contribution in [2.75, 3.05) is 0 Å². The maximum atomic E-state index is 4.60. The molecule has 0 saturated heterocycles. The van der Waals surface area contributed by atoms with E-state index >= 15 is 0 Å². The molecule has 0 bridgehead atoms. The molecule has 1 aliphatic carbocycles. The minimum absolute atomic E-state index is 0.572. The molecule has 2 nitrogen and oxygen atoms in total.